The average Bonchev–Trinajstić information content (AvgIpc) is 2.97. The van der Waals surface area contributed by atoms with Crippen molar-refractivity contribution in [2.75, 3.05) is 21.3 Å². The molecular weight excluding hydrogens is 220 g/mol. The Labute approximate surface area is 101 Å². The van der Waals surface area contributed by atoms with E-state index in [0.29, 0.717) is 5.54 Å². The van der Waals surface area contributed by atoms with E-state index in [2.05, 4.69) is 0 Å². The highest BCUT2D eigenvalue weighted by Gasteiger charge is 2.56. The van der Waals surface area contributed by atoms with Gasteiger partial charge in [-0.2, -0.15) is 0 Å². The van der Waals surface area contributed by atoms with Gasteiger partial charge in [0.25, 0.3) is 0 Å². The molecule has 0 saturated heterocycles. The Balaban J connectivity index is 0.000000606. The summed E-state index contributed by atoms with van der Waals surface area (Å²) in [6, 6.07) is 0. The van der Waals surface area contributed by atoms with Crippen LogP contribution in [0.15, 0.2) is 0 Å². The van der Waals surface area contributed by atoms with Crippen molar-refractivity contribution in [3.05, 3.63) is 0 Å². The van der Waals surface area contributed by atoms with Crippen molar-refractivity contribution in [2.45, 2.75) is 45.1 Å². The van der Waals surface area contributed by atoms with E-state index in [1.807, 2.05) is 13.8 Å². The van der Waals surface area contributed by atoms with Gasteiger partial charge in [0.15, 0.2) is 0 Å². The molecule has 16 heavy (non-hydrogen) atoms. The Hall–Kier alpha value is 0.0969. The molecule has 0 N–H and O–H groups in total. The van der Waals surface area contributed by atoms with Crippen molar-refractivity contribution < 1.29 is 13.3 Å². The lowest BCUT2D eigenvalue weighted by atomic mass is 10.0. The van der Waals surface area contributed by atoms with Crippen LogP contribution in [0.3, 0.4) is 0 Å². The zero-order valence-electron chi connectivity index (χ0n) is 11.3. The summed E-state index contributed by atoms with van der Waals surface area (Å²) in [5.41, 5.74) is 0.557. The van der Waals surface area contributed by atoms with E-state index < -0.39 is 8.80 Å². The van der Waals surface area contributed by atoms with Gasteiger partial charge in [-0.1, -0.05) is 20.3 Å². The van der Waals surface area contributed by atoms with Gasteiger partial charge in [-0.3, -0.25) is 0 Å². The normalized spacial score (nSPS) is 32.4. The first kappa shape index (κ1) is 14.2. The number of fused-ring (bicyclic) bond motifs is 2. The third-order valence-corrected chi connectivity index (χ3v) is 7.37. The predicted octanol–water partition coefficient (Wildman–Crippen LogP) is 3.08. The third kappa shape index (κ3) is 2.35. The fourth-order valence-corrected chi connectivity index (χ4v) is 6.29. The summed E-state index contributed by atoms with van der Waals surface area (Å²) in [4.78, 5) is 0. The van der Waals surface area contributed by atoms with Crippen LogP contribution in [0.5, 0.6) is 0 Å². The first-order valence-corrected chi connectivity index (χ1v) is 8.21. The maximum atomic E-state index is 5.57. The van der Waals surface area contributed by atoms with Gasteiger partial charge in [-0.05, 0) is 31.1 Å². The van der Waals surface area contributed by atoms with Crippen LogP contribution in [0.1, 0.15) is 39.5 Å². The van der Waals surface area contributed by atoms with Crippen LogP contribution in [0, 0.1) is 11.8 Å². The van der Waals surface area contributed by atoms with Crippen molar-refractivity contribution in [3.63, 3.8) is 0 Å². The summed E-state index contributed by atoms with van der Waals surface area (Å²) in [7, 11) is 2.84. The molecule has 3 nitrogen and oxygen atoms in total. The highest BCUT2D eigenvalue weighted by Crippen LogP contribution is 2.55. The molecule has 0 aromatic carbocycles. The highest BCUT2D eigenvalue weighted by molar-refractivity contribution is 6.62. The Morgan fingerprint density at radius 2 is 1.44 bits per heavy atom. The van der Waals surface area contributed by atoms with Crippen LogP contribution in [0.4, 0.5) is 0 Å². The molecule has 3 atom stereocenters. The molecule has 3 unspecified atom stereocenters. The number of rotatable bonds is 4. The summed E-state index contributed by atoms with van der Waals surface area (Å²) < 4.78 is 16.7. The topological polar surface area (TPSA) is 27.7 Å². The maximum absolute atomic E-state index is 5.57. The Morgan fingerprint density at radius 3 is 1.75 bits per heavy atom. The standard InChI is InChI=1S/C10H20O3Si.C2H6/c1-11-14(12-2,13-3)10-7-8-4-5-9(10)6-8;1-2/h8-10H,4-7H2,1-3H3;1-2H3. The van der Waals surface area contributed by atoms with Crippen LogP contribution in [0.25, 0.3) is 0 Å². The monoisotopic (exact) mass is 246 g/mol. The Bertz CT molecular complexity index is 198. The quantitative estimate of drug-likeness (QED) is 0.714. The minimum atomic E-state index is -2.34. The van der Waals surface area contributed by atoms with Gasteiger partial charge in [-0.25, -0.2) is 0 Å². The molecule has 2 rings (SSSR count). The zero-order chi connectivity index (χ0) is 12.2. The minimum absolute atomic E-state index is 0.557. The molecule has 2 aliphatic rings. The zero-order valence-corrected chi connectivity index (χ0v) is 12.3. The molecule has 2 bridgehead atoms. The highest BCUT2D eigenvalue weighted by atomic mass is 28.4. The fourth-order valence-electron chi connectivity index (χ4n) is 3.38. The second-order valence-electron chi connectivity index (χ2n) is 4.50. The van der Waals surface area contributed by atoms with E-state index in [9.17, 15) is 0 Å². The van der Waals surface area contributed by atoms with Crippen LogP contribution in [-0.2, 0) is 13.3 Å². The Morgan fingerprint density at radius 1 is 0.875 bits per heavy atom. The van der Waals surface area contributed by atoms with Crippen molar-refractivity contribution in [2.24, 2.45) is 11.8 Å². The van der Waals surface area contributed by atoms with Gasteiger partial charge < -0.3 is 13.3 Å². The molecule has 0 spiro atoms. The van der Waals surface area contributed by atoms with Crippen molar-refractivity contribution in [1.29, 1.82) is 0 Å². The summed E-state index contributed by atoms with van der Waals surface area (Å²) in [6.45, 7) is 4.00. The van der Waals surface area contributed by atoms with Gasteiger partial charge in [-0.15, -0.1) is 0 Å². The van der Waals surface area contributed by atoms with E-state index in [0.717, 1.165) is 11.8 Å². The van der Waals surface area contributed by atoms with Crippen molar-refractivity contribution >= 4 is 8.80 Å². The minimum Gasteiger partial charge on any atom is -0.377 e. The first-order chi connectivity index (χ1) is 7.75. The molecule has 2 aliphatic carbocycles. The SMILES string of the molecule is CC.CO[Si](OC)(OC)C1CC2CCC1C2. The summed E-state index contributed by atoms with van der Waals surface area (Å²) in [5, 5.41) is 0. The lowest BCUT2D eigenvalue weighted by molar-refractivity contribution is 0.101. The largest absolute Gasteiger partial charge is 0.503 e. The summed E-state index contributed by atoms with van der Waals surface area (Å²) in [6.07, 6.45) is 5.38. The second-order valence-corrected chi connectivity index (χ2v) is 7.67. The maximum Gasteiger partial charge on any atom is 0.503 e. The lowest BCUT2D eigenvalue weighted by Gasteiger charge is -2.34. The van der Waals surface area contributed by atoms with E-state index in [1.165, 1.54) is 25.7 Å². The van der Waals surface area contributed by atoms with Gasteiger partial charge in [0.05, 0.1) is 0 Å². The van der Waals surface area contributed by atoms with Gasteiger partial charge >= 0.3 is 8.80 Å². The summed E-state index contributed by atoms with van der Waals surface area (Å²) >= 11 is 0. The van der Waals surface area contributed by atoms with Crippen molar-refractivity contribution in [1.82, 2.24) is 0 Å². The molecule has 0 amide bonds. The summed E-state index contributed by atoms with van der Waals surface area (Å²) in [5.74, 6) is 1.71. The van der Waals surface area contributed by atoms with Crippen LogP contribution in [-0.4, -0.2) is 30.1 Å². The molecule has 0 aliphatic heterocycles. The van der Waals surface area contributed by atoms with E-state index in [1.54, 1.807) is 21.3 Å². The molecule has 0 aromatic rings. The lowest BCUT2D eigenvalue weighted by Crippen LogP contribution is -2.49. The molecular formula is C12H26O3Si. The smallest absolute Gasteiger partial charge is 0.377 e. The molecule has 0 heterocycles. The third-order valence-electron chi connectivity index (χ3n) is 4.05. The van der Waals surface area contributed by atoms with Crippen molar-refractivity contribution in [3.8, 4) is 0 Å². The Kier molecular flexibility index (Phi) is 5.44. The fraction of sp³-hybridized carbons (Fsp3) is 1.00. The number of hydrogen-bond acceptors (Lipinski definition) is 3. The first-order valence-electron chi connectivity index (χ1n) is 6.41. The van der Waals surface area contributed by atoms with Crippen LogP contribution in [0.2, 0.25) is 5.54 Å². The van der Waals surface area contributed by atoms with E-state index in [-0.39, 0.29) is 0 Å². The van der Waals surface area contributed by atoms with Crippen LogP contribution >= 0.6 is 0 Å². The molecule has 2 fully saturated rings. The van der Waals surface area contributed by atoms with Crippen LogP contribution < -0.4 is 0 Å². The molecule has 4 heteroatoms. The van der Waals surface area contributed by atoms with Gasteiger partial charge in [0.2, 0.25) is 0 Å². The number of hydrogen-bond donors (Lipinski definition) is 0. The molecule has 96 valence electrons. The average molecular weight is 246 g/mol. The van der Waals surface area contributed by atoms with E-state index in [4.69, 9.17) is 13.3 Å². The molecule has 0 radical (unpaired) electrons. The van der Waals surface area contributed by atoms with E-state index >= 15 is 0 Å². The van der Waals surface area contributed by atoms with Gasteiger partial charge in [0, 0.05) is 26.9 Å². The second kappa shape index (κ2) is 6.14. The molecule has 2 saturated carbocycles. The molecule has 0 aromatic heterocycles. The predicted molar refractivity (Wildman–Crippen MR) is 67.3 cm³/mol. The van der Waals surface area contributed by atoms with Gasteiger partial charge in [0.1, 0.15) is 0 Å².